The first-order chi connectivity index (χ1) is 15.1. The normalized spacial score (nSPS) is 16.4. The summed E-state index contributed by atoms with van der Waals surface area (Å²) in [6.45, 7) is 3.15. The van der Waals surface area contributed by atoms with Crippen LogP contribution in [0.3, 0.4) is 0 Å². The highest BCUT2D eigenvalue weighted by molar-refractivity contribution is 5.90. The Morgan fingerprint density at radius 1 is 1.10 bits per heavy atom. The fourth-order valence-electron chi connectivity index (χ4n) is 4.48. The molecule has 1 heterocycles. The molecule has 2 N–H and O–H groups in total. The number of carbonyl (C=O) groups is 2. The first-order valence-electron chi connectivity index (χ1n) is 11.3. The summed E-state index contributed by atoms with van der Waals surface area (Å²) in [5.41, 5.74) is 4.08. The Labute approximate surface area is 184 Å². The average Bonchev–Trinajstić information content (AvgIpc) is 2.78. The molecule has 0 radical (unpaired) electrons. The molecule has 1 saturated carbocycles. The average molecular weight is 422 g/mol. The lowest BCUT2D eigenvalue weighted by Gasteiger charge is -2.30. The van der Waals surface area contributed by atoms with E-state index in [4.69, 9.17) is 4.74 Å². The third-order valence-electron chi connectivity index (χ3n) is 6.06. The Morgan fingerprint density at radius 3 is 2.71 bits per heavy atom. The van der Waals surface area contributed by atoms with Gasteiger partial charge in [-0.25, -0.2) is 4.79 Å². The number of nitrogens with one attached hydrogen (secondary N) is 2. The number of amides is 3. The first-order valence-corrected chi connectivity index (χ1v) is 11.3. The Balaban J connectivity index is 1.32. The van der Waals surface area contributed by atoms with Gasteiger partial charge >= 0.3 is 6.03 Å². The molecular formula is C25H31N3O3. The molecule has 0 spiro atoms. The number of hydrogen-bond donors (Lipinski definition) is 2. The SMILES string of the molecule is CC(=O)Nc1cccc2c1CCN(C(=O)NCc1cccc(OC3CCCCC3)c1)C2. The maximum Gasteiger partial charge on any atom is 0.317 e. The van der Waals surface area contributed by atoms with E-state index in [0.717, 1.165) is 47.4 Å². The van der Waals surface area contributed by atoms with E-state index >= 15 is 0 Å². The smallest absolute Gasteiger partial charge is 0.317 e. The van der Waals surface area contributed by atoms with Gasteiger partial charge in [0.15, 0.2) is 0 Å². The summed E-state index contributed by atoms with van der Waals surface area (Å²) >= 11 is 0. The standard InChI is InChI=1S/C25H31N3O3/c1-18(29)27-24-12-6-8-20-17-28(14-13-23(20)24)25(30)26-16-19-7-5-11-22(15-19)31-21-9-3-2-4-10-21/h5-8,11-12,15,21H,2-4,9-10,13-14,16-17H2,1H3,(H,26,30)(H,27,29). The van der Waals surface area contributed by atoms with E-state index in [-0.39, 0.29) is 11.9 Å². The van der Waals surface area contributed by atoms with Gasteiger partial charge in [0.2, 0.25) is 5.91 Å². The minimum Gasteiger partial charge on any atom is -0.490 e. The van der Waals surface area contributed by atoms with Gasteiger partial charge in [0.05, 0.1) is 6.10 Å². The number of rotatable bonds is 5. The fourth-order valence-corrected chi connectivity index (χ4v) is 4.48. The van der Waals surface area contributed by atoms with Crippen LogP contribution < -0.4 is 15.4 Å². The molecular weight excluding hydrogens is 390 g/mol. The maximum atomic E-state index is 12.8. The largest absolute Gasteiger partial charge is 0.490 e. The Morgan fingerprint density at radius 2 is 1.90 bits per heavy atom. The van der Waals surface area contributed by atoms with Gasteiger partial charge < -0.3 is 20.3 Å². The van der Waals surface area contributed by atoms with Gasteiger partial charge in [-0.3, -0.25) is 4.79 Å². The van der Waals surface area contributed by atoms with E-state index in [1.807, 2.05) is 47.4 Å². The highest BCUT2D eigenvalue weighted by atomic mass is 16.5. The molecule has 4 rings (SSSR count). The van der Waals surface area contributed by atoms with E-state index in [2.05, 4.69) is 10.6 Å². The van der Waals surface area contributed by atoms with Crippen LogP contribution in [0.5, 0.6) is 5.75 Å². The number of fused-ring (bicyclic) bond motifs is 1. The number of nitrogens with zero attached hydrogens (tertiary/aromatic N) is 1. The minimum atomic E-state index is -0.0803. The Hall–Kier alpha value is -3.02. The topological polar surface area (TPSA) is 70.7 Å². The summed E-state index contributed by atoms with van der Waals surface area (Å²) in [5.74, 6) is 0.805. The number of anilines is 1. The quantitative estimate of drug-likeness (QED) is 0.740. The predicted molar refractivity (Wildman–Crippen MR) is 121 cm³/mol. The molecule has 3 amide bonds. The van der Waals surface area contributed by atoms with Gasteiger partial charge in [-0.05, 0) is 67.0 Å². The van der Waals surface area contributed by atoms with Crippen LogP contribution >= 0.6 is 0 Å². The van der Waals surface area contributed by atoms with Crippen LogP contribution in [0.4, 0.5) is 10.5 Å². The summed E-state index contributed by atoms with van der Waals surface area (Å²) in [6, 6.07) is 13.8. The highest BCUT2D eigenvalue weighted by Crippen LogP contribution is 2.27. The van der Waals surface area contributed by atoms with Crippen LogP contribution in [0.15, 0.2) is 42.5 Å². The molecule has 6 nitrogen and oxygen atoms in total. The van der Waals surface area contributed by atoms with Crippen LogP contribution in [0.2, 0.25) is 0 Å². The summed E-state index contributed by atoms with van der Waals surface area (Å²) in [7, 11) is 0. The van der Waals surface area contributed by atoms with Crippen molar-refractivity contribution in [2.24, 2.45) is 0 Å². The summed E-state index contributed by atoms with van der Waals surface area (Å²) in [6.07, 6.45) is 7.08. The molecule has 0 atom stereocenters. The minimum absolute atomic E-state index is 0.0748. The van der Waals surface area contributed by atoms with Gasteiger partial charge in [-0.15, -0.1) is 0 Å². The van der Waals surface area contributed by atoms with Crippen molar-refractivity contribution in [3.05, 3.63) is 59.2 Å². The van der Waals surface area contributed by atoms with Crippen molar-refractivity contribution >= 4 is 17.6 Å². The zero-order valence-corrected chi connectivity index (χ0v) is 18.2. The lowest BCUT2D eigenvalue weighted by molar-refractivity contribution is -0.114. The van der Waals surface area contributed by atoms with E-state index < -0.39 is 0 Å². The van der Waals surface area contributed by atoms with Crippen molar-refractivity contribution in [2.75, 3.05) is 11.9 Å². The van der Waals surface area contributed by atoms with Crippen LogP contribution in [0, 0.1) is 0 Å². The second-order valence-corrected chi connectivity index (χ2v) is 8.48. The van der Waals surface area contributed by atoms with Gasteiger partial charge in [-0.2, -0.15) is 0 Å². The number of ether oxygens (including phenoxy) is 1. The fraction of sp³-hybridized carbons (Fsp3) is 0.440. The molecule has 0 bridgehead atoms. The maximum absolute atomic E-state index is 12.8. The zero-order chi connectivity index (χ0) is 21.6. The summed E-state index contributed by atoms with van der Waals surface area (Å²) in [5, 5.41) is 5.93. The molecule has 1 aliphatic heterocycles. The molecule has 1 aliphatic carbocycles. The van der Waals surface area contributed by atoms with Crippen molar-refractivity contribution in [1.29, 1.82) is 0 Å². The van der Waals surface area contributed by atoms with Crippen molar-refractivity contribution < 1.29 is 14.3 Å². The zero-order valence-electron chi connectivity index (χ0n) is 18.2. The molecule has 2 aliphatic rings. The molecule has 1 fully saturated rings. The first kappa shape index (κ1) is 21.2. The van der Waals surface area contributed by atoms with E-state index in [0.29, 0.717) is 25.7 Å². The van der Waals surface area contributed by atoms with E-state index in [1.165, 1.54) is 26.2 Å². The third kappa shape index (κ3) is 5.57. The second kappa shape index (κ2) is 9.86. The molecule has 2 aromatic rings. The van der Waals surface area contributed by atoms with Crippen molar-refractivity contribution in [3.63, 3.8) is 0 Å². The number of urea groups is 1. The number of benzene rings is 2. The van der Waals surface area contributed by atoms with Gasteiger partial charge in [-0.1, -0.05) is 30.7 Å². The number of hydrogen-bond acceptors (Lipinski definition) is 3. The number of carbonyl (C=O) groups excluding carboxylic acids is 2. The third-order valence-corrected chi connectivity index (χ3v) is 6.06. The molecule has 0 aromatic heterocycles. The van der Waals surface area contributed by atoms with Crippen molar-refractivity contribution in [3.8, 4) is 5.75 Å². The molecule has 164 valence electrons. The summed E-state index contributed by atoms with van der Waals surface area (Å²) < 4.78 is 6.14. The van der Waals surface area contributed by atoms with Crippen molar-refractivity contribution in [2.45, 2.75) is 64.6 Å². The molecule has 0 unspecified atom stereocenters. The van der Waals surface area contributed by atoms with Crippen LogP contribution in [-0.2, 0) is 24.3 Å². The van der Waals surface area contributed by atoms with E-state index in [1.54, 1.807) is 0 Å². The molecule has 6 heteroatoms. The van der Waals surface area contributed by atoms with Gasteiger partial charge in [0.1, 0.15) is 5.75 Å². The monoisotopic (exact) mass is 421 g/mol. The molecule has 0 saturated heterocycles. The van der Waals surface area contributed by atoms with Crippen LogP contribution in [0.25, 0.3) is 0 Å². The van der Waals surface area contributed by atoms with Crippen molar-refractivity contribution in [1.82, 2.24) is 10.2 Å². The predicted octanol–water partition coefficient (Wildman–Crippen LogP) is 4.62. The lowest BCUT2D eigenvalue weighted by Crippen LogP contribution is -2.42. The lowest BCUT2D eigenvalue weighted by atomic mass is 9.98. The van der Waals surface area contributed by atoms with Crippen LogP contribution in [0.1, 0.15) is 55.7 Å². The van der Waals surface area contributed by atoms with E-state index in [9.17, 15) is 9.59 Å². The van der Waals surface area contributed by atoms with Gasteiger partial charge in [0.25, 0.3) is 0 Å². The summed E-state index contributed by atoms with van der Waals surface area (Å²) in [4.78, 5) is 26.0. The Kier molecular flexibility index (Phi) is 6.75. The molecule has 2 aromatic carbocycles. The molecule has 31 heavy (non-hydrogen) atoms. The highest BCUT2D eigenvalue weighted by Gasteiger charge is 2.22. The van der Waals surface area contributed by atoms with Gasteiger partial charge in [0, 0.05) is 32.2 Å². The Bertz CT molecular complexity index is 937. The second-order valence-electron chi connectivity index (χ2n) is 8.48. The van der Waals surface area contributed by atoms with Crippen LogP contribution in [-0.4, -0.2) is 29.5 Å².